The molecule has 3 fully saturated rings. The number of ether oxygens (including phenoxy) is 1. The van der Waals surface area contributed by atoms with Gasteiger partial charge in [0, 0.05) is 25.7 Å². The number of halogens is 2. The summed E-state index contributed by atoms with van der Waals surface area (Å²) < 4.78 is 6.19. The minimum absolute atomic E-state index is 0. The largest absolute Gasteiger partial charge is 0.481 e. The van der Waals surface area contributed by atoms with Crippen LogP contribution in [0.5, 0.6) is 0 Å². The normalized spacial score (nSPS) is 27.0. The summed E-state index contributed by atoms with van der Waals surface area (Å²) >= 11 is 0. The van der Waals surface area contributed by atoms with Crippen LogP contribution in [0, 0.1) is 10.8 Å². The molecular weight excluding hydrogens is 517 g/mol. The van der Waals surface area contributed by atoms with E-state index >= 15 is 0 Å². The van der Waals surface area contributed by atoms with Gasteiger partial charge in [-0.15, -0.1) is 24.8 Å². The van der Waals surface area contributed by atoms with Gasteiger partial charge in [0.1, 0.15) is 0 Å². The summed E-state index contributed by atoms with van der Waals surface area (Å²) in [4.78, 5) is 29.9. The van der Waals surface area contributed by atoms with Gasteiger partial charge in [-0.05, 0) is 76.8 Å². The summed E-state index contributed by atoms with van der Waals surface area (Å²) in [6.45, 7) is 7.19. The maximum absolute atomic E-state index is 14.1. The molecule has 2 unspecified atom stereocenters. The third-order valence-electron chi connectivity index (χ3n) is 8.55. The number of nitrogens with zero attached hydrogens (tertiary/aromatic N) is 2. The highest BCUT2D eigenvalue weighted by atomic mass is 35.5. The second-order valence-electron chi connectivity index (χ2n) is 11.7. The van der Waals surface area contributed by atoms with Crippen molar-refractivity contribution in [2.75, 3.05) is 33.3 Å². The fourth-order valence-corrected chi connectivity index (χ4v) is 6.34. The molecule has 5 N–H and O–H groups in total. The molecule has 3 rings (SSSR count). The fraction of sp³-hybridized carbons (Fsp3) is 0.885. The Morgan fingerprint density at radius 3 is 2.38 bits per heavy atom. The molecule has 37 heavy (non-hydrogen) atoms. The van der Waals surface area contributed by atoms with Crippen LogP contribution >= 0.6 is 24.8 Å². The van der Waals surface area contributed by atoms with Crippen molar-refractivity contribution < 1.29 is 19.4 Å². The maximum Gasteiger partial charge on any atom is 0.305 e. The van der Waals surface area contributed by atoms with Gasteiger partial charge in [-0.1, -0.05) is 20.3 Å². The van der Waals surface area contributed by atoms with Crippen molar-refractivity contribution in [2.24, 2.45) is 11.1 Å². The number of nitrogens with two attached hydrogens (primary N) is 1. The molecule has 1 saturated carbocycles. The quantitative estimate of drug-likeness (QED) is 0.234. The third kappa shape index (κ3) is 9.24. The average molecular weight is 567 g/mol. The Hall–Kier alpha value is -1.13. The van der Waals surface area contributed by atoms with Crippen LogP contribution in [0.4, 0.5) is 0 Å². The van der Waals surface area contributed by atoms with E-state index in [4.69, 9.17) is 15.9 Å². The van der Waals surface area contributed by atoms with Crippen molar-refractivity contribution in [1.29, 1.82) is 5.41 Å². The highest BCUT2D eigenvalue weighted by Crippen LogP contribution is 2.38. The van der Waals surface area contributed by atoms with E-state index < -0.39 is 17.6 Å². The molecule has 3 atom stereocenters. The molecule has 2 aliphatic heterocycles. The van der Waals surface area contributed by atoms with Crippen LogP contribution in [0.1, 0.15) is 84.5 Å². The van der Waals surface area contributed by atoms with Crippen LogP contribution in [0.3, 0.4) is 0 Å². The topological polar surface area (TPSA) is 132 Å². The fourth-order valence-electron chi connectivity index (χ4n) is 6.34. The number of hydrogen-bond donors (Lipinski definition) is 4. The van der Waals surface area contributed by atoms with Gasteiger partial charge in [0.15, 0.2) is 11.7 Å². The van der Waals surface area contributed by atoms with Crippen LogP contribution in [0.2, 0.25) is 0 Å². The first-order valence-corrected chi connectivity index (χ1v) is 13.5. The predicted octanol–water partition coefficient (Wildman–Crippen LogP) is 3.42. The number of aliphatic carboxylic acids is 1. The zero-order valence-corrected chi connectivity index (χ0v) is 24.4. The van der Waals surface area contributed by atoms with Crippen molar-refractivity contribution >= 4 is 42.5 Å². The van der Waals surface area contributed by atoms with Crippen molar-refractivity contribution in [3.63, 3.8) is 0 Å². The van der Waals surface area contributed by atoms with Crippen molar-refractivity contribution in [3.05, 3.63) is 0 Å². The molecule has 0 bridgehead atoms. The molecule has 0 spiro atoms. The highest BCUT2D eigenvalue weighted by molar-refractivity contribution is 5.95. The molecule has 9 nitrogen and oxygen atoms in total. The predicted molar refractivity (Wildman–Crippen MR) is 151 cm³/mol. The lowest BCUT2D eigenvalue weighted by Crippen LogP contribution is -2.62. The second-order valence-corrected chi connectivity index (χ2v) is 11.7. The maximum atomic E-state index is 14.1. The van der Waals surface area contributed by atoms with E-state index in [2.05, 4.69) is 24.1 Å². The summed E-state index contributed by atoms with van der Waals surface area (Å²) in [7, 11) is 1.95. The van der Waals surface area contributed by atoms with Gasteiger partial charge in [-0.2, -0.15) is 0 Å². The molecule has 0 radical (unpaired) electrons. The minimum atomic E-state index is -0.926. The molecule has 0 aromatic heterocycles. The lowest BCUT2D eigenvalue weighted by atomic mass is 9.73. The molecule has 2 heterocycles. The van der Waals surface area contributed by atoms with Crippen LogP contribution in [-0.2, 0) is 14.3 Å². The van der Waals surface area contributed by atoms with E-state index in [0.29, 0.717) is 26.1 Å². The second kappa shape index (κ2) is 14.9. The summed E-state index contributed by atoms with van der Waals surface area (Å²) in [6.07, 6.45) is 9.08. The summed E-state index contributed by atoms with van der Waals surface area (Å²) in [5.74, 6) is -0.806. The van der Waals surface area contributed by atoms with Crippen LogP contribution in [-0.4, -0.2) is 89.6 Å². The molecule has 11 heteroatoms. The molecule has 2 saturated heterocycles. The number of hydrogen-bond acceptors (Lipinski definition) is 6. The number of carbonyl (C=O) groups is 2. The number of ketones is 1. The molecule has 0 aromatic carbocycles. The van der Waals surface area contributed by atoms with Gasteiger partial charge < -0.3 is 25.8 Å². The van der Waals surface area contributed by atoms with Gasteiger partial charge >= 0.3 is 5.97 Å². The monoisotopic (exact) mass is 565 g/mol. The Labute approximate surface area is 234 Å². The number of likely N-dealkylation sites (N-methyl/N-ethyl adjacent to an activating group) is 1. The van der Waals surface area contributed by atoms with E-state index in [1.807, 2.05) is 11.9 Å². The van der Waals surface area contributed by atoms with Crippen LogP contribution in [0.15, 0.2) is 0 Å². The number of guanidine groups is 1. The zero-order chi connectivity index (χ0) is 25.6. The van der Waals surface area contributed by atoms with Gasteiger partial charge in [0.25, 0.3) is 0 Å². The van der Waals surface area contributed by atoms with E-state index in [1.165, 1.54) is 6.42 Å². The summed E-state index contributed by atoms with van der Waals surface area (Å²) in [5.41, 5.74) is 5.06. The van der Waals surface area contributed by atoms with Gasteiger partial charge in [-0.25, -0.2) is 0 Å². The first kappa shape index (κ1) is 33.9. The summed E-state index contributed by atoms with van der Waals surface area (Å²) in [6, 6.07) is -0.425. The van der Waals surface area contributed by atoms with Crippen molar-refractivity contribution in [1.82, 2.24) is 15.1 Å². The molecule has 0 amide bonds. The number of carboxylic acid groups (broad SMARTS) is 1. The number of carboxylic acids is 1. The number of Topliss-reactive ketones (excluding diaryl/α,β-unsaturated/α-hetero) is 1. The number of carbonyl (C=O) groups excluding carboxylic acids is 1. The van der Waals surface area contributed by atoms with Crippen molar-refractivity contribution in [3.8, 4) is 0 Å². The highest BCUT2D eigenvalue weighted by Gasteiger charge is 2.46. The average Bonchev–Trinajstić information content (AvgIpc) is 2.82. The Morgan fingerprint density at radius 1 is 1.16 bits per heavy atom. The number of piperidine rings is 2. The van der Waals surface area contributed by atoms with E-state index in [9.17, 15) is 14.7 Å². The molecule has 1 aliphatic carbocycles. The smallest absolute Gasteiger partial charge is 0.305 e. The van der Waals surface area contributed by atoms with Crippen molar-refractivity contribution in [2.45, 2.75) is 108 Å². The molecule has 3 aliphatic rings. The van der Waals surface area contributed by atoms with Gasteiger partial charge in [-0.3, -0.25) is 19.9 Å². The van der Waals surface area contributed by atoms with E-state index in [0.717, 1.165) is 57.9 Å². The third-order valence-corrected chi connectivity index (χ3v) is 8.55. The Morgan fingerprint density at radius 2 is 1.84 bits per heavy atom. The number of nitrogens with one attached hydrogen (secondary N) is 2. The molecule has 216 valence electrons. The van der Waals surface area contributed by atoms with Crippen LogP contribution in [0.25, 0.3) is 0 Å². The Bertz CT molecular complexity index is 755. The van der Waals surface area contributed by atoms with E-state index in [-0.39, 0.29) is 60.5 Å². The minimum Gasteiger partial charge on any atom is -0.481 e. The van der Waals surface area contributed by atoms with Gasteiger partial charge in [0.2, 0.25) is 0 Å². The Kier molecular flexibility index (Phi) is 13.6. The standard InChI is InChI=1S/C26H47N5O4.2ClH/c1-25(2)10-6-7-19(18-25)30(3)21(17-22(32)33)23(34)26(11-4-5-13-29-26)12-16-35-20-8-14-31(15-9-20)24(27)28;;/h19-21,29H,4-18H2,1-3H3,(H3,27,28)(H,32,33);2*1H/t19?,21-,26?;;/m0../s1. The lowest BCUT2D eigenvalue weighted by molar-refractivity contribution is -0.144. The first-order chi connectivity index (χ1) is 16.5. The zero-order valence-electron chi connectivity index (χ0n) is 22.8. The number of likely N-dealkylation sites (tertiary alicyclic amines) is 1. The first-order valence-electron chi connectivity index (χ1n) is 13.5. The van der Waals surface area contributed by atoms with Gasteiger partial charge in [0.05, 0.1) is 24.1 Å². The molecule has 0 aromatic rings. The Balaban J connectivity index is 0.00000342. The lowest BCUT2D eigenvalue weighted by Gasteiger charge is -2.45. The molecular formula is C26H49Cl2N5O4. The summed E-state index contributed by atoms with van der Waals surface area (Å²) in [5, 5.41) is 20.8. The van der Waals surface area contributed by atoms with E-state index in [1.54, 1.807) is 0 Å². The SMILES string of the molecule is CN(C1CCCC(C)(C)C1)[C@@H](CC(=O)O)C(=O)C1(CCOC2CCN(C(=N)N)CC2)CCCCN1.Cl.Cl. The number of rotatable bonds is 10. The van der Waals surface area contributed by atoms with Crippen LogP contribution < -0.4 is 11.1 Å².